The van der Waals surface area contributed by atoms with Gasteiger partial charge in [-0.15, -0.1) is 0 Å². The van der Waals surface area contributed by atoms with Gasteiger partial charge in [-0.3, -0.25) is 0 Å². The van der Waals surface area contributed by atoms with Crippen molar-refractivity contribution < 1.29 is 5.11 Å². The minimum absolute atomic E-state index is 0.330. The average molecular weight is 244 g/mol. The van der Waals surface area contributed by atoms with Crippen molar-refractivity contribution in [3.8, 4) is 0 Å². The Morgan fingerprint density at radius 2 is 1.76 bits per heavy atom. The molecule has 0 aliphatic carbocycles. The molecule has 1 unspecified atom stereocenters. The van der Waals surface area contributed by atoms with Crippen LogP contribution in [-0.4, -0.2) is 37.4 Å². The molecule has 0 saturated heterocycles. The molecular formula is C14H32N2O. The summed E-state index contributed by atoms with van der Waals surface area (Å²) in [5, 5.41) is 15.6. The van der Waals surface area contributed by atoms with E-state index >= 15 is 0 Å². The van der Waals surface area contributed by atoms with Crippen molar-refractivity contribution in [3.63, 3.8) is 0 Å². The molecule has 0 aromatic heterocycles. The number of hydrogen-bond donors (Lipinski definition) is 3. The number of rotatable bonds is 13. The molecule has 0 saturated carbocycles. The highest BCUT2D eigenvalue weighted by Gasteiger charge is 1.99. The van der Waals surface area contributed by atoms with Crippen LogP contribution >= 0.6 is 0 Å². The lowest BCUT2D eigenvalue weighted by Gasteiger charge is -2.13. The third-order valence-corrected chi connectivity index (χ3v) is 3.05. The van der Waals surface area contributed by atoms with Crippen molar-refractivity contribution >= 4 is 0 Å². The van der Waals surface area contributed by atoms with Crippen LogP contribution in [0.5, 0.6) is 0 Å². The van der Waals surface area contributed by atoms with Gasteiger partial charge in [0.15, 0.2) is 0 Å². The lowest BCUT2D eigenvalue weighted by Crippen LogP contribution is -2.33. The molecule has 0 aliphatic heterocycles. The SMILES string of the molecule is CCCCCC(C)NCCNCCCCCO. The van der Waals surface area contributed by atoms with Crippen LogP contribution in [0.3, 0.4) is 0 Å². The van der Waals surface area contributed by atoms with Crippen LogP contribution in [0, 0.1) is 0 Å². The standard InChI is InChI=1S/C14H32N2O/c1-3-4-6-9-14(2)16-12-11-15-10-7-5-8-13-17/h14-17H,3-13H2,1-2H3. The fraction of sp³-hybridized carbons (Fsp3) is 1.00. The quantitative estimate of drug-likeness (QED) is 0.436. The highest BCUT2D eigenvalue weighted by Crippen LogP contribution is 2.02. The Kier molecular flexibility index (Phi) is 13.8. The van der Waals surface area contributed by atoms with Gasteiger partial charge in [0.1, 0.15) is 0 Å². The molecule has 1 atom stereocenters. The predicted octanol–water partition coefficient (Wildman–Crippen LogP) is 2.30. The smallest absolute Gasteiger partial charge is 0.0431 e. The summed E-state index contributed by atoms with van der Waals surface area (Å²) >= 11 is 0. The lowest BCUT2D eigenvalue weighted by molar-refractivity contribution is 0.283. The van der Waals surface area contributed by atoms with Gasteiger partial charge in [-0.1, -0.05) is 26.2 Å². The van der Waals surface area contributed by atoms with E-state index in [4.69, 9.17) is 5.11 Å². The second-order valence-electron chi connectivity index (χ2n) is 4.89. The molecule has 0 radical (unpaired) electrons. The van der Waals surface area contributed by atoms with Gasteiger partial charge in [0.05, 0.1) is 0 Å². The third-order valence-electron chi connectivity index (χ3n) is 3.05. The van der Waals surface area contributed by atoms with Crippen molar-refractivity contribution in [2.24, 2.45) is 0 Å². The minimum Gasteiger partial charge on any atom is -0.396 e. The molecular weight excluding hydrogens is 212 g/mol. The van der Waals surface area contributed by atoms with E-state index in [0.717, 1.165) is 32.5 Å². The van der Waals surface area contributed by atoms with Crippen molar-refractivity contribution in [2.75, 3.05) is 26.2 Å². The molecule has 0 amide bonds. The van der Waals surface area contributed by atoms with Crippen LogP contribution in [0.2, 0.25) is 0 Å². The number of nitrogens with one attached hydrogen (secondary N) is 2. The van der Waals surface area contributed by atoms with Gasteiger partial charge in [0, 0.05) is 25.7 Å². The largest absolute Gasteiger partial charge is 0.396 e. The van der Waals surface area contributed by atoms with Gasteiger partial charge < -0.3 is 15.7 Å². The second-order valence-corrected chi connectivity index (χ2v) is 4.89. The number of aliphatic hydroxyl groups is 1. The zero-order chi connectivity index (χ0) is 12.8. The molecule has 0 heterocycles. The normalized spacial score (nSPS) is 12.9. The Morgan fingerprint density at radius 3 is 2.47 bits per heavy atom. The zero-order valence-electron chi connectivity index (χ0n) is 11.8. The van der Waals surface area contributed by atoms with Gasteiger partial charge in [-0.05, 0) is 39.2 Å². The van der Waals surface area contributed by atoms with Crippen LogP contribution in [0.15, 0.2) is 0 Å². The van der Waals surface area contributed by atoms with Crippen LogP contribution in [0.1, 0.15) is 58.8 Å². The van der Waals surface area contributed by atoms with Crippen molar-refractivity contribution in [1.29, 1.82) is 0 Å². The molecule has 0 spiro atoms. The Bertz CT molecular complexity index is 142. The number of hydrogen-bond acceptors (Lipinski definition) is 3. The second kappa shape index (κ2) is 13.9. The summed E-state index contributed by atoms with van der Waals surface area (Å²) in [4.78, 5) is 0. The zero-order valence-corrected chi connectivity index (χ0v) is 11.8. The van der Waals surface area contributed by atoms with Crippen molar-refractivity contribution in [3.05, 3.63) is 0 Å². The monoisotopic (exact) mass is 244 g/mol. The van der Waals surface area contributed by atoms with Gasteiger partial charge in [0.2, 0.25) is 0 Å². The van der Waals surface area contributed by atoms with Gasteiger partial charge in [-0.25, -0.2) is 0 Å². The summed E-state index contributed by atoms with van der Waals surface area (Å²) in [6.45, 7) is 8.04. The molecule has 0 bridgehead atoms. The van der Waals surface area contributed by atoms with E-state index in [1.54, 1.807) is 0 Å². The van der Waals surface area contributed by atoms with Crippen molar-refractivity contribution in [1.82, 2.24) is 10.6 Å². The fourth-order valence-corrected chi connectivity index (χ4v) is 1.87. The summed E-state index contributed by atoms with van der Waals surface area (Å²) in [5.74, 6) is 0. The summed E-state index contributed by atoms with van der Waals surface area (Å²) in [7, 11) is 0. The van der Waals surface area contributed by atoms with Crippen molar-refractivity contribution in [2.45, 2.75) is 64.8 Å². The first kappa shape index (κ1) is 16.9. The van der Waals surface area contributed by atoms with E-state index in [1.807, 2.05) is 0 Å². The van der Waals surface area contributed by atoms with Crippen LogP contribution in [-0.2, 0) is 0 Å². The van der Waals surface area contributed by atoms with Gasteiger partial charge in [0.25, 0.3) is 0 Å². The first-order valence-electron chi connectivity index (χ1n) is 7.36. The third kappa shape index (κ3) is 13.8. The predicted molar refractivity (Wildman–Crippen MR) is 75.4 cm³/mol. The average Bonchev–Trinajstić information content (AvgIpc) is 2.33. The summed E-state index contributed by atoms with van der Waals surface area (Å²) in [6.07, 6.45) is 8.55. The van der Waals surface area contributed by atoms with Gasteiger partial charge in [-0.2, -0.15) is 0 Å². The Hall–Kier alpha value is -0.120. The molecule has 3 heteroatoms. The first-order valence-corrected chi connectivity index (χ1v) is 7.36. The molecule has 0 aliphatic rings. The molecule has 3 N–H and O–H groups in total. The van der Waals surface area contributed by atoms with E-state index in [1.165, 1.54) is 32.1 Å². The Labute approximate surface area is 107 Å². The highest BCUT2D eigenvalue weighted by molar-refractivity contribution is 4.61. The first-order chi connectivity index (χ1) is 8.31. The van der Waals surface area contributed by atoms with Crippen LogP contribution in [0.4, 0.5) is 0 Å². The maximum atomic E-state index is 8.63. The maximum absolute atomic E-state index is 8.63. The van der Waals surface area contributed by atoms with E-state index < -0.39 is 0 Å². The molecule has 3 nitrogen and oxygen atoms in total. The summed E-state index contributed by atoms with van der Waals surface area (Å²) < 4.78 is 0. The highest BCUT2D eigenvalue weighted by atomic mass is 16.2. The molecule has 0 rings (SSSR count). The number of aliphatic hydroxyl groups excluding tert-OH is 1. The summed E-state index contributed by atoms with van der Waals surface area (Å²) in [5.41, 5.74) is 0. The molecule has 17 heavy (non-hydrogen) atoms. The topological polar surface area (TPSA) is 44.3 Å². The molecule has 0 aromatic rings. The Balaban J connectivity index is 3.05. The van der Waals surface area contributed by atoms with E-state index in [9.17, 15) is 0 Å². The molecule has 0 fully saturated rings. The van der Waals surface area contributed by atoms with E-state index in [-0.39, 0.29) is 0 Å². The molecule has 104 valence electrons. The summed E-state index contributed by atoms with van der Waals surface area (Å²) in [6, 6.07) is 0.651. The Morgan fingerprint density at radius 1 is 0.941 bits per heavy atom. The number of unbranched alkanes of at least 4 members (excludes halogenated alkanes) is 4. The fourth-order valence-electron chi connectivity index (χ4n) is 1.87. The lowest BCUT2D eigenvalue weighted by atomic mass is 10.1. The molecule has 0 aromatic carbocycles. The van der Waals surface area contributed by atoms with E-state index in [0.29, 0.717) is 12.6 Å². The van der Waals surface area contributed by atoms with Crippen LogP contribution < -0.4 is 10.6 Å². The van der Waals surface area contributed by atoms with E-state index in [2.05, 4.69) is 24.5 Å². The van der Waals surface area contributed by atoms with Crippen LogP contribution in [0.25, 0.3) is 0 Å². The minimum atomic E-state index is 0.330. The maximum Gasteiger partial charge on any atom is 0.0431 e. The van der Waals surface area contributed by atoms with Gasteiger partial charge >= 0.3 is 0 Å².